The lowest BCUT2D eigenvalue weighted by molar-refractivity contribution is -0.387. The van der Waals surface area contributed by atoms with Gasteiger partial charge in [0.2, 0.25) is 15.9 Å². The number of nitro benzene ring substituents is 1. The van der Waals surface area contributed by atoms with Crippen molar-refractivity contribution in [3.8, 4) is 11.5 Å². The molecule has 3 aromatic rings. The number of carbonyl (C=O) groups is 1. The van der Waals surface area contributed by atoms with Crippen molar-refractivity contribution in [3.05, 3.63) is 70.6 Å². The molecule has 0 saturated heterocycles. The van der Waals surface area contributed by atoms with E-state index in [1.54, 1.807) is 6.26 Å². The number of nitrogens with zero attached hydrogens (tertiary/aromatic N) is 2. The molecule has 10 nitrogen and oxygen atoms in total. The van der Waals surface area contributed by atoms with Gasteiger partial charge in [0.05, 0.1) is 14.7 Å². The third-order valence-electron chi connectivity index (χ3n) is 4.02. The first-order valence-electron chi connectivity index (χ1n) is 8.77. The van der Waals surface area contributed by atoms with Crippen molar-refractivity contribution in [2.24, 2.45) is 0 Å². The molecular formula is C19H17N3O7S2. The predicted molar refractivity (Wildman–Crippen MR) is 112 cm³/mol. The van der Waals surface area contributed by atoms with Crippen LogP contribution in [0.25, 0.3) is 11.5 Å². The van der Waals surface area contributed by atoms with E-state index in [9.17, 15) is 23.3 Å². The minimum atomic E-state index is -4.15. The molecule has 1 N–H and O–H groups in total. The number of sulfonamides is 1. The smallest absolute Gasteiger partial charge is 0.321 e. The molecule has 0 aliphatic carbocycles. The van der Waals surface area contributed by atoms with Gasteiger partial charge in [-0.3, -0.25) is 14.9 Å². The van der Waals surface area contributed by atoms with Crippen LogP contribution in [0.1, 0.15) is 5.69 Å². The molecule has 0 bridgehead atoms. The summed E-state index contributed by atoms with van der Waals surface area (Å²) in [6, 6.07) is 12.6. The molecule has 0 aliphatic rings. The zero-order valence-corrected chi connectivity index (χ0v) is 17.8. The second kappa shape index (κ2) is 9.73. The van der Waals surface area contributed by atoms with E-state index in [0.29, 0.717) is 16.5 Å². The summed E-state index contributed by atoms with van der Waals surface area (Å²) in [7, 11) is -4.15. The number of ether oxygens (including phenoxy) is 1. The minimum absolute atomic E-state index is 0.204. The van der Waals surface area contributed by atoms with Crippen LogP contribution < -0.4 is 4.72 Å². The number of carbonyl (C=O) groups excluding carboxylic acids is 1. The largest absolute Gasteiger partial charge is 0.458 e. The first kappa shape index (κ1) is 22.5. The van der Waals surface area contributed by atoms with E-state index >= 15 is 0 Å². The molecule has 12 heteroatoms. The Kier molecular flexibility index (Phi) is 7.05. The molecule has 2 aromatic carbocycles. The van der Waals surface area contributed by atoms with E-state index in [0.717, 1.165) is 23.4 Å². The van der Waals surface area contributed by atoms with Gasteiger partial charge in [-0.15, -0.1) is 11.8 Å². The van der Waals surface area contributed by atoms with E-state index in [4.69, 9.17) is 9.15 Å². The Morgan fingerprint density at radius 1 is 1.26 bits per heavy atom. The van der Waals surface area contributed by atoms with Crippen LogP contribution in [0.4, 0.5) is 5.69 Å². The molecule has 0 aliphatic heterocycles. The van der Waals surface area contributed by atoms with Crippen molar-refractivity contribution in [2.45, 2.75) is 16.4 Å². The summed E-state index contributed by atoms with van der Waals surface area (Å²) < 4.78 is 37.2. The standard InChI is InChI=1S/C19H17N3O7S2/c1-30-17-8-7-15(9-16(17)22(24)25)31(26,27)20-10-18(23)28-11-14-12-29-19(21-14)13-5-3-2-4-6-13/h2-9,12,20H,10-11H2,1H3. The van der Waals surface area contributed by atoms with Crippen LogP contribution in [0.15, 0.2) is 69.0 Å². The first-order valence-corrected chi connectivity index (χ1v) is 11.5. The Morgan fingerprint density at radius 2 is 2.00 bits per heavy atom. The zero-order chi connectivity index (χ0) is 22.4. The molecule has 0 unspecified atom stereocenters. The zero-order valence-electron chi connectivity index (χ0n) is 16.2. The lowest BCUT2D eigenvalue weighted by Crippen LogP contribution is -2.30. The van der Waals surface area contributed by atoms with Gasteiger partial charge in [-0.2, -0.15) is 4.72 Å². The van der Waals surface area contributed by atoms with Crippen LogP contribution in [0.2, 0.25) is 0 Å². The number of hydrogen-bond donors (Lipinski definition) is 1. The van der Waals surface area contributed by atoms with Gasteiger partial charge in [0, 0.05) is 11.6 Å². The third-order valence-corrected chi connectivity index (χ3v) is 6.20. The lowest BCUT2D eigenvalue weighted by Gasteiger charge is -2.08. The van der Waals surface area contributed by atoms with Crippen LogP contribution in [-0.2, 0) is 26.2 Å². The highest BCUT2D eigenvalue weighted by Gasteiger charge is 2.22. The van der Waals surface area contributed by atoms with Crippen molar-refractivity contribution in [3.63, 3.8) is 0 Å². The maximum atomic E-state index is 12.4. The number of hydrogen-bond acceptors (Lipinski definition) is 9. The van der Waals surface area contributed by atoms with Gasteiger partial charge >= 0.3 is 5.97 Å². The fourth-order valence-electron chi connectivity index (χ4n) is 2.51. The Balaban J connectivity index is 1.57. The quantitative estimate of drug-likeness (QED) is 0.219. The molecule has 31 heavy (non-hydrogen) atoms. The Hall–Kier alpha value is -3.22. The number of aromatic nitrogens is 1. The van der Waals surface area contributed by atoms with Gasteiger partial charge in [-0.1, -0.05) is 18.2 Å². The van der Waals surface area contributed by atoms with E-state index in [1.807, 2.05) is 30.3 Å². The molecule has 1 heterocycles. The maximum Gasteiger partial charge on any atom is 0.321 e. The number of thioether (sulfide) groups is 1. The summed E-state index contributed by atoms with van der Waals surface area (Å²) in [5.74, 6) is -0.481. The summed E-state index contributed by atoms with van der Waals surface area (Å²) in [4.78, 5) is 26.6. The van der Waals surface area contributed by atoms with E-state index in [1.165, 1.54) is 18.4 Å². The number of oxazole rings is 1. The van der Waals surface area contributed by atoms with Crippen molar-refractivity contribution in [1.82, 2.24) is 9.71 Å². The van der Waals surface area contributed by atoms with Gasteiger partial charge in [0.25, 0.3) is 5.69 Å². The van der Waals surface area contributed by atoms with Crippen LogP contribution in [0, 0.1) is 10.1 Å². The molecule has 162 valence electrons. The van der Waals surface area contributed by atoms with Gasteiger partial charge in [0.15, 0.2) is 0 Å². The van der Waals surface area contributed by atoms with Crippen molar-refractivity contribution in [2.75, 3.05) is 12.8 Å². The SMILES string of the molecule is CSc1ccc(S(=O)(=O)NCC(=O)OCc2coc(-c3ccccc3)n2)cc1[N+](=O)[O-]. The maximum absolute atomic E-state index is 12.4. The third kappa shape index (κ3) is 5.69. The molecule has 0 spiro atoms. The topological polar surface area (TPSA) is 142 Å². The highest BCUT2D eigenvalue weighted by molar-refractivity contribution is 7.98. The fourth-order valence-corrected chi connectivity index (χ4v) is 4.04. The average molecular weight is 463 g/mol. The summed E-state index contributed by atoms with van der Waals surface area (Å²) in [5.41, 5.74) is 0.783. The van der Waals surface area contributed by atoms with E-state index in [2.05, 4.69) is 9.71 Å². The number of rotatable bonds is 9. The van der Waals surface area contributed by atoms with E-state index < -0.39 is 27.5 Å². The molecule has 1 aromatic heterocycles. The predicted octanol–water partition coefficient (Wildman–Crippen LogP) is 2.99. The van der Waals surface area contributed by atoms with Gasteiger partial charge in [-0.05, 0) is 30.5 Å². The Labute approximate surface area is 181 Å². The van der Waals surface area contributed by atoms with Gasteiger partial charge in [0.1, 0.15) is 25.1 Å². The molecule has 0 fully saturated rings. The van der Waals surface area contributed by atoms with Crippen LogP contribution in [0.5, 0.6) is 0 Å². The normalized spacial score (nSPS) is 11.3. The lowest BCUT2D eigenvalue weighted by atomic mass is 10.2. The summed E-state index contributed by atoms with van der Waals surface area (Å²) >= 11 is 1.12. The summed E-state index contributed by atoms with van der Waals surface area (Å²) in [6.07, 6.45) is 2.98. The van der Waals surface area contributed by atoms with Crippen molar-refractivity contribution in [1.29, 1.82) is 0 Å². The number of nitrogens with one attached hydrogen (secondary N) is 1. The highest BCUT2D eigenvalue weighted by Crippen LogP contribution is 2.29. The van der Waals surface area contributed by atoms with Crippen LogP contribution in [-0.4, -0.2) is 37.1 Å². The van der Waals surface area contributed by atoms with Crippen molar-refractivity contribution < 1.29 is 27.3 Å². The monoisotopic (exact) mass is 463 g/mol. The van der Waals surface area contributed by atoms with Crippen LogP contribution in [0.3, 0.4) is 0 Å². The van der Waals surface area contributed by atoms with Crippen LogP contribution >= 0.6 is 11.8 Å². The van der Waals surface area contributed by atoms with Gasteiger partial charge in [-0.25, -0.2) is 13.4 Å². The molecule has 3 rings (SSSR count). The number of nitro groups is 1. The van der Waals surface area contributed by atoms with Gasteiger partial charge < -0.3 is 9.15 Å². The summed E-state index contributed by atoms with van der Waals surface area (Å²) in [6.45, 7) is -0.853. The minimum Gasteiger partial charge on any atom is -0.458 e. The Morgan fingerprint density at radius 3 is 2.68 bits per heavy atom. The average Bonchev–Trinajstić information content (AvgIpc) is 3.25. The first-order chi connectivity index (χ1) is 14.8. The molecule has 0 atom stereocenters. The highest BCUT2D eigenvalue weighted by atomic mass is 32.2. The van der Waals surface area contributed by atoms with Crippen molar-refractivity contribution >= 4 is 33.4 Å². The van der Waals surface area contributed by atoms with E-state index in [-0.39, 0.29) is 17.2 Å². The molecule has 0 amide bonds. The number of esters is 1. The molecular weight excluding hydrogens is 446 g/mol. The fraction of sp³-hybridized carbons (Fsp3) is 0.158. The second-order valence-corrected chi connectivity index (χ2v) is 8.70. The number of benzene rings is 2. The molecule has 0 radical (unpaired) electrons. The summed E-state index contributed by atoms with van der Waals surface area (Å²) in [5, 5.41) is 11.1. The second-order valence-electron chi connectivity index (χ2n) is 6.09. The molecule has 0 saturated carbocycles. The Bertz CT molecular complexity index is 1190.